The molecule has 10 heteroatoms. The average molecular weight is 689 g/mol. The van der Waals surface area contributed by atoms with Crippen molar-refractivity contribution in [1.29, 1.82) is 0 Å². The molecule has 0 radical (unpaired) electrons. The summed E-state index contributed by atoms with van der Waals surface area (Å²) in [6.07, 6.45) is 1.36. The van der Waals surface area contributed by atoms with E-state index >= 15 is 0 Å². The number of benzene rings is 5. The molecule has 1 aliphatic heterocycles. The van der Waals surface area contributed by atoms with Crippen LogP contribution in [0, 0.1) is 0 Å². The van der Waals surface area contributed by atoms with Crippen LogP contribution in [0.3, 0.4) is 0 Å². The van der Waals surface area contributed by atoms with Crippen LogP contribution in [0.25, 0.3) is 6.08 Å². The topological polar surface area (TPSA) is 103 Å². The van der Waals surface area contributed by atoms with Gasteiger partial charge in [-0.25, -0.2) is 9.69 Å². The van der Waals surface area contributed by atoms with Crippen LogP contribution in [0.2, 0.25) is 5.02 Å². The monoisotopic (exact) mass is 688 g/mol. The lowest BCUT2D eigenvalue weighted by atomic mass is 10.1. The molecule has 1 saturated heterocycles. The minimum absolute atomic E-state index is 0.139. The zero-order valence-corrected chi connectivity index (χ0v) is 27.9. The van der Waals surface area contributed by atoms with Crippen LogP contribution in [0.15, 0.2) is 127 Å². The van der Waals surface area contributed by atoms with Gasteiger partial charge in [0.15, 0.2) is 11.5 Å². The second-order valence-electron chi connectivity index (χ2n) is 11.2. The molecule has 0 atom stereocenters. The zero-order valence-electron chi connectivity index (χ0n) is 27.1. The van der Waals surface area contributed by atoms with Crippen molar-refractivity contribution < 1.29 is 33.3 Å². The highest BCUT2D eigenvalue weighted by atomic mass is 35.5. The smallest absolute Gasteiger partial charge is 0.335 e. The first-order valence-corrected chi connectivity index (χ1v) is 16.3. The summed E-state index contributed by atoms with van der Waals surface area (Å²) >= 11 is 6.32. The Bertz CT molecular complexity index is 2020. The van der Waals surface area contributed by atoms with Crippen LogP contribution in [-0.4, -0.2) is 24.5 Å². The fraction of sp³-hybridized carbons (Fsp3) is 0.125. The molecular weight excluding hydrogens is 656 g/mol. The third kappa shape index (κ3) is 8.32. The number of imide groups is 2. The number of nitrogens with zero attached hydrogens (tertiary/aromatic N) is 1. The summed E-state index contributed by atoms with van der Waals surface area (Å²) in [7, 11) is 0. The summed E-state index contributed by atoms with van der Waals surface area (Å²) in [4.78, 5) is 40.3. The van der Waals surface area contributed by atoms with E-state index in [9.17, 15) is 14.4 Å². The molecule has 9 nitrogen and oxygen atoms in total. The van der Waals surface area contributed by atoms with Gasteiger partial charge in [0.2, 0.25) is 0 Å². The van der Waals surface area contributed by atoms with E-state index in [1.165, 1.54) is 6.08 Å². The van der Waals surface area contributed by atoms with Gasteiger partial charge in [0.25, 0.3) is 11.8 Å². The number of nitrogens with one attached hydrogen (secondary N) is 1. The second kappa shape index (κ2) is 15.9. The number of ether oxygens (including phenoxy) is 4. The van der Waals surface area contributed by atoms with E-state index in [2.05, 4.69) is 5.32 Å². The quantitative estimate of drug-likeness (QED) is 0.0984. The van der Waals surface area contributed by atoms with Gasteiger partial charge in [0.05, 0.1) is 12.3 Å². The molecule has 1 heterocycles. The third-order valence-electron chi connectivity index (χ3n) is 7.66. The SMILES string of the molecule is CCOc1cc(COc2ccc(Cl)cc2/C=C2/C(=O)NC(=O)N(c3ccc(OCc4ccccc4)cc3)C2=O)ccc1OCc1ccccc1. The lowest BCUT2D eigenvalue weighted by Crippen LogP contribution is -2.54. The van der Waals surface area contributed by atoms with Crippen LogP contribution in [-0.2, 0) is 29.4 Å². The van der Waals surface area contributed by atoms with E-state index in [-0.39, 0.29) is 17.9 Å². The fourth-order valence-corrected chi connectivity index (χ4v) is 5.35. The molecule has 0 bridgehead atoms. The predicted molar refractivity (Wildman–Crippen MR) is 190 cm³/mol. The number of hydrogen-bond acceptors (Lipinski definition) is 7. The molecular formula is C40H33ClN2O7. The van der Waals surface area contributed by atoms with E-state index in [0.717, 1.165) is 21.6 Å². The van der Waals surface area contributed by atoms with Gasteiger partial charge in [-0.05, 0) is 84.3 Å². The summed E-state index contributed by atoms with van der Waals surface area (Å²) in [5.74, 6) is 0.471. The molecule has 0 unspecified atom stereocenters. The number of carbonyl (C=O) groups is 3. The average Bonchev–Trinajstić information content (AvgIpc) is 3.13. The molecule has 50 heavy (non-hydrogen) atoms. The number of hydrogen-bond donors (Lipinski definition) is 1. The molecule has 5 aromatic carbocycles. The Hall–Kier alpha value is -6.06. The van der Waals surface area contributed by atoms with Gasteiger partial charge >= 0.3 is 6.03 Å². The van der Waals surface area contributed by atoms with Crippen molar-refractivity contribution in [3.8, 4) is 23.0 Å². The van der Waals surface area contributed by atoms with E-state index in [1.54, 1.807) is 42.5 Å². The van der Waals surface area contributed by atoms with Gasteiger partial charge in [-0.15, -0.1) is 0 Å². The molecule has 1 aliphatic rings. The highest BCUT2D eigenvalue weighted by Crippen LogP contribution is 2.32. The fourth-order valence-electron chi connectivity index (χ4n) is 5.17. The standard InChI is InChI=1S/C40H33ClN2O7/c1-2-47-37-21-29(13-19-36(37)50-25-28-11-7-4-8-12-28)26-49-35-20-14-31(41)22-30(35)23-34-38(44)42-40(46)43(39(34)45)32-15-17-33(18-16-32)48-24-27-9-5-3-6-10-27/h3-23H,2,24-26H2,1H3,(H,42,44,46)/b34-23-. The summed E-state index contributed by atoms with van der Waals surface area (Å²) < 4.78 is 23.8. The van der Waals surface area contributed by atoms with Crippen molar-refractivity contribution in [2.75, 3.05) is 11.5 Å². The van der Waals surface area contributed by atoms with E-state index in [0.29, 0.717) is 53.4 Å². The minimum atomic E-state index is -0.862. The zero-order chi connectivity index (χ0) is 34.9. The number of urea groups is 1. The summed E-state index contributed by atoms with van der Waals surface area (Å²) in [5, 5.41) is 2.62. The Morgan fingerprint density at radius 2 is 1.26 bits per heavy atom. The summed E-state index contributed by atoms with van der Waals surface area (Å²) in [6, 6.07) is 35.5. The maximum absolute atomic E-state index is 13.6. The first-order chi connectivity index (χ1) is 24.4. The Kier molecular flexibility index (Phi) is 10.8. The molecule has 0 aromatic heterocycles. The number of anilines is 1. The number of barbiturate groups is 1. The van der Waals surface area contributed by atoms with Gasteiger partial charge in [-0.2, -0.15) is 0 Å². The minimum Gasteiger partial charge on any atom is -0.490 e. The maximum atomic E-state index is 13.6. The van der Waals surface area contributed by atoms with Crippen molar-refractivity contribution >= 4 is 41.2 Å². The summed E-state index contributed by atoms with van der Waals surface area (Å²) in [5.41, 5.74) is 3.21. The Morgan fingerprint density at radius 3 is 1.94 bits per heavy atom. The Labute approximate surface area is 294 Å². The highest BCUT2D eigenvalue weighted by Gasteiger charge is 2.37. The van der Waals surface area contributed by atoms with Crippen LogP contribution in [0.4, 0.5) is 10.5 Å². The molecule has 4 amide bonds. The largest absolute Gasteiger partial charge is 0.490 e. The van der Waals surface area contributed by atoms with Gasteiger partial charge in [0.1, 0.15) is 36.9 Å². The van der Waals surface area contributed by atoms with E-state index in [4.69, 9.17) is 30.5 Å². The first kappa shape index (κ1) is 33.8. The van der Waals surface area contributed by atoms with E-state index in [1.807, 2.05) is 85.8 Å². The van der Waals surface area contributed by atoms with Crippen molar-refractivity contribution in [1.82, 2.24) is 5.32 Å². The van der Waals surface area contributed by atoms with Crippen molar-refractivity contribution in [2.45, 2.75) is 26.7 Å². The molecule has 0 aliphatic carbocycles. The number of halogens is 1. The molecule has 6 rings (SSSR count). The first-order valence-electron chi connectivity index (χ1n) is 15.9. The Morgan fingerprint density at radius 1 is 0.640 bits per heavy atom. The summed E-state index contributed by atoms with van der Waals surface area (Å²) in [6.45, 7) is 3.23. The molecule has 1 fully saturated rings. The number of rotatable bonds is 13. The van der Waals surface area contributed by atoms with Gasteiger partial charge < -0.3 is 18.9 Å². The van der Waals surface area contributed by atoms with Gasteiger partial charge in [-0.3, -0.25) is 14.9 Å². The van der Waals surface area contributed by atoms with Crippen LogP contribution < -0.4 is 29.2 Å². The lowest BCUT2D eigenvalue weighted by molar-refractivity contribution is -0.122. The number of amides is 4. The lowest BCUT2D eigenvalue weighted by Gasteiger charge is -2.26. The normalized spacial score (nSPS) is 13.6. The molecule has 1 N–H and O–H groups in total. The second-order valence-corrected chi connectivity index (χ2v) is 11.6. The predicted octanol–water partition coefficient (Wildman–Crippen LogP) is 8.14. The van der Waals surface area contributed by atoms with Crippen LogP contribution in [0.1, 0.15) is 29.2 Å². The molecule has 252 valence electrons. The van der Waals surface area contributed by atoms with E-state index < -0.39 is 17.8 Å². The molecule has 5 aromatic rings. The van der Waals surface area contributed by atoms with Gasteiger partial charge in [0, 0.05) is 10.6 Å². The maximum Gasteiger partial charge on any atom is 0.335 e. The number of carbonyl (C=O) groups excluding carboxylic acids is 3. The molecule has 0 saturated carbocycles. The van der Waals surface area contributed by atoms with Crippen molar-refractivity contribution in [3.05, 3.63) is 154 Å². The highest BCUT2D eigenvalue weighted by molar-refractivity contribution is 6.39. The van der Waals surface area contributed by atoms with Crippen molar-refractivity contribution in [2.24, 2.45) is 0 Å². The van der Waals surface area contributed by atoms with Crippen LogP contribution in [0.5, 0.6) is 23.0 Å². The van der Waals surface area contributed by atoms with Crippen molar-refractivity contribution in [3.63, 3.8) is 0 Å². The van der Waals surface area contributed by atoms with Crippen LogP contribution >= 0.6 is 11.6 Å². The molecule has 0 spiro atoms. The third-order valence-corrected chi connectivity index (χ3v) is 7.89. The van der Waals surface area contributed by atoms with Gasteiger partial charge in [-0.1, -0.05) is 78.3 Å². The Balaban J connectivity index is 1.17.